The van der Waals surface area contributed by atoms with E-state index in [1.165, 1.54) is 0 Å². The van der Waals surface area contributed by atoms with Crippen molar-refractivity contribution in [1.29, 1.82) is 0 Å². The lowest BCUT2D eigenvalue weighted by molar-refractivity contribution is -0.121. The van der Waals surface area contributed by atoms with E-state index in [0.717, 1.165) is 11.3 Å². The highest BCUT2D eigenvalue weighted by Gasteiger charge is 2.16. The molecule has 0 aliphatic rings. The predicted molar refractivity (Wildman–Crippen MR) is 84.5 cm³/mol. The number of benzene rings is 1. The second kappa shape index (κ2) is 8.67. The topological polar surface area (TPSA) is 58.6 Å². The Morgan fingerprint density at radius 3 is 2.57 bits per heavy atom. The highest BCUT2D eigenvalue weighted by molar-refractivity contribution is 5.77. The summed E-state index contributed by atoms with van der Waals surface area (Å²) < 4.78 is 5.32. The minimum atomic E-state index is -0.476. The Morgan fingerprint density at radius 2 is 1.95 bits per heavy atom. The third-order valence-corrected chi connectivity index (χ3v) is 3.44. The predicted octanol–water partition coefficient (Wildman–Crippen LogP) is 2.71. The third-order valence-electron chi connectivity index (χ3n) is 3.44. The quantitative estimate of drug-likeness (QED) is 0.775. The Hall–Kier alpha value is -1.55. The normalized spacial score (nSPS) is 13.8. The lowest BCUT2D eigenvalue weighted by Crippen LogP contribution is -2.33. The molecule has 118 valence electrons. The second-order valence-electron chi connectivity index (χ2n) is 5.93. The first-order chi connectivity index (χ1) is 9.93. The molecule has 0 aliphatic heterocycles. The van der Waals surface area contributed by atoms with Gasteiger partial charge in [0.05, 0.1) is 13.2 Å². The number of aliphatic hydroxyl groups is 1. The van der Waals surface area contributed by atoms with Gasteiger partial charge in [-0.2, -0.15) is 0 Å². The van der Waals surface area contributed by atoms with Crippen LogP contribution < -0.4 is 10.1 Å². The van der Waals surface area contributed by atoms with Gasteiger partial charge in [0.15, 0.2) is 0 Å². The summed E-state index contributed by atoms with van der Waals surface area (Å²) in [5.74, 6) is 1.25. The molecule has 0 fully saturated rings. The number of hydrogen-bond donors (Lipinski definition) is 2. The summed E-state index contributed by atoms with van der Waals surface area (Å²) in [6.45, 7) is 6.42. The van der Waals surface area contributed by atoms with Gasteiger partial charge in [-0.25, -0.2) is 0 Å². The Labute approximate surface area is 127 Å². The van der Waals surface area contributed by atoms with E-state index in [0.29, 0.717) is 25.3 Å². The number of methoxy groups -OCH3 is 1. The summed E-state index contributed by atoms with van der Waals surface area (Å²) >= 11 is 0. The molecule has 2 atom stereocenters. The molecule has 1 aromatic rings. The minimum absolute atomic E-state index is 0.0452. The highest BCUT2D eigenvalue weighted by atomic mass is 16.5. The average molecular weight is 293 g/mol. The van der Waals surface area contributed by atoms with E-state index >= 15 is 0 Å². The molecule has 0 heterocycles. The van der Waals surface area contributed by atoms with Crippen LogP contribution in [0.2, 0.25) is 0 Å². The zero-order chi connectivity index (χ0) is 15.8. The summed E-state index contributed by atoms with van der Waals surface area (Å²) in [5, 5.41) is 12.6. The molecular weight excluding hydrogens is 266 g/mol. The van der Waals surface area contributed by atoms with Crippen LogP contribution >= 0.6 is 0 Å². The molecule has 0 spiro atoms. The van der Waals surface area contributed by atoms with Crippen LogP contribution in [0, 0.1) is 5.92 Å². The first-order valence-corrected chi connectivity index (χ1v) is 7.51. The molecule has 1 aromatic carbocycles. The van der Waals surface area contributed by atoms with Gasteiger partial charge in [0.1, 0.15) is 5.75 Å². The average Bonchev–Trinajstić information content (AvgIpc) is 2.44. The summed E-state index contributed by atoms with van der Waals surface area (Å²) in [7, 11) is 1.63. The van der Waals surface area contributed by atoms with Crippen molar-refractivity contribution in [3.8, 4) is 5.75 Å². The van der Waals surface area contributed by atoms with Crippen LogP contribution in [0.1, 0.15) is 45.1 Å². The number of hydrogen-bond acceptors (Lipinski definition) is 3. The Kier molecular flexibility index (Phi) is 7.23. The minimum Gasteiger partial charge on any atom is -0.496 e. The van der Waals surface area contributed by atoms with Crippen LogP contribution in [0.15, 0.2) is 24.3 Å². The fourth-order valence-electron chi connectivity index (χ4n) is 2.39. The van der Waals surface area contributed by atoms with Crippen LogP contribution in [0.3, 0.4) is 0 Å². The summed E-state index contributed by atoms with van der Waals surface area (Å²) in [5.41, 5.74) is 1.03. The van der Waals surface area contributed by atoms with E-state index in [1.807, 2.05) is 31.2 Å². The number of carbonyl (C=O) groups is 1. The molecule has 0 aromatic heterocycles. The van der Waals surface area contributed by atoms with Gasteiger partial charge in [-0.1, -0.05) is 39.0 Å². The van der Waals surface area contributed by atoms with E-state index < -0.39 is 6.10 Å². The smallest absolute Gasteiger partial charge is 0.220 e. The van der Waals surface area contributed by atoms with Gasteiger partial charge >= 0.3 is 0 Å². The van der Waals surface area contributed by atoms with Crippen molar-refractivity contribution in [3.05, 3.63) is 29.8 Å². The number of ether oxygens (including phenoxy) is 1. The van der Waals surface area contributed by atoms with Gasteiger partial charge in [0.25, 0.3) is 0 Å². The summed E-state index contributed by atoms with van der Waals surface area (Å²) in [6, 6.07) is 7.73. The monoisotopic (exact) mass is 293 g/mol. The fraction of sp³-hybridized carbons (Fsp3) is 0.588. The van der Waals surface area contributed by atoms with Crippen molar-refractivity contribution in [2.45, 2.75) is 45.6 Å². The molecule has 1 amide bonds. The number of amides is 1. The lowest BCUT2D eigenvalue weighted by Gasteiger charge is -2.17. The highest BCUT2D eigenvalue weighted by Crippen LogP contribution is 2.28. The Morgan fingerprint density at radius 1 is 1.29 bits per heavy atom. The van der Waals surface area contributed by atoms with E-state index in [-0.39, 0.29) is 11.8 Å². The molecule has 0 radical (unpaired) electrons. The van der Waals surface area contributed by atoms with E-state index in [9.17, 15) is 9.90 Å². The molecular formula is C17H27NO3. The third kappa shape index (κ3) is 6.17. The molecule has 2 unspecified atom stereocenters. The van der Waals surface area contributed by atoms with Crippen LogP contribution in [0.5, 0.6) is 5.75 Å². The van der Waals surface area contributed by atoms with E-state index in [2.05, 4.69) is 19.2 Å². The zero-order valence-corrected chi connectivity index (χ0v) is 13.4. The summed E-state index contributed by atoms with van der Waals surface area (Å²) in [4.78, 5) is 12.0. The van der Waals surface area contributed by atoms with E-state index in [1.54, 1.807) is 7.11 Å². The van der Waals surface area contributed by atoms with Crippen LogP contribution in [-0.2, 0) is 4.79 Å². The second-order valence-corrected chi connectivity index (χ2v) is 5.93. The SMILES string of the molecule is COc1ccccc1C(C)CC(=O)NCC(O)CC(C)C. The maximum absolute atomic E-state index is 12.0. The van der Waals surface area contributed by atoms with Crippen LogP contribution in [0.25, 0.3) is 0 Å². The lowest BCUT2D eigenvalue weighted by atomic mass is 9.96. The molecule has 0 bridgehead atoms. The van der Waals surface area contributed by atoms with E-state index in [4.69, 9.17) is 4.74 Å². The first kappa shape index (κ1) is 17.5. The number of carbonyl (C=O) groups excluding carboxylic acids is 1. The summed E-state index contributed by atoms with van der Waals surface area (Å²) in [6.07, 6.45) is 0.604. The number of para-hydroxylation sites is 1. The van der Waals surface area contributed by atoms with Crippen molar-refractivity contribution in [1.82, 2.24) is 5.32 Å². The van der Waals surface area contributed by atoms with Gasteiger partial charge in [0.2, 0.25) is 5.91 Å². The maximum Gasteiger partial charge on any atom is 0.220 e. The number of rotatable bonds is 8. The molecule has 4 nitrogen and oxygen atoms in total. The standard InChI is InChI=1S/C17H27NO3/c1-12(2)9-14(19)11-18-17(20)10-13(3)15-7-5-6-8-16(15)21-4/h5-8,12-14,19H,9-11H2,1-4H3,(H,18,20). The zero-order valence-electron chi connectivity index (χ0n) is 13.4. The van der Waals surface area contributed by atoms with Gasteiger partial charge in [-0.15, -0.1) is 0 Å². The maximum atomic E-state index is 12.0. The number of nitrogens with one attached hydrogen (secondary N) is 1. The van der Waals surface area contributed by atoms with Crippen molar-refractivity contribution in [2.75, 3.05) is 13.7 Å². The largest absolute Gasteiger partial charge is 0.496 e. The molecule has 0 aliphatic carbocycles. The Bertz CT molecular complexity index is 445. The van der Waals surface area contributed by atoms with Crippen LogP contribution in [-0.4, -0.2) is 30.8 Å². The van der Waals surface area contributed by atoms with Crippen LogP contribution in [0.4, 0.5) is 0 Å². The van der Waals surface area contributed by atoms with Gasteiger partial charge in [0, 0.05) is 13.0 Å². The van der Waals surface area contributed by atoms with Gasteiger partial charge in [-0.3, -0.25) is 4.79 Å². The number of aliphatic hydroxyl groups excluding tert-OH is 1. The molecule has 1 rings (SSSR count). The van der Waals surface area contributed by atoms with Crippen molar-refractivity contribution >= 4 is 5.91 Å². The Balaban J connectivity index is 2.47. The molecule has 0 saturated heterocycles. The molecule has 0 saturated carbocycles. The molecule has 2 N–H and O–H groups in total. The van der Waals surface area contributed by atoms with Crippen molar-refractivity contribution in [3.63, 3.8) is 0 Å². The first-order valence-electron chi connectivity index (χ1n) is 7.51. The van der Waals surface area contributed by atoms with Gasteiger partial charge < -0.3 is 15.2 Å². The van der Waals surface area contributed by atoms with Crippen molar-refractivity contribution in [2.24, 2.45) is 5.92 Å². The van der Waals surface area contributed by atoms with Crippen molar-refractivity contribution < 1.29 is 14.6 Å². The molecule has 4 heteroatoms. The fourth-order valence-corrected chi connectivity index (χ4v) is 2.39. The molecule has 21 heavy (non-hydrogen) atoms. The van der Waals surface area contributed by atoms with Gasteiger partial charge in [-0.05, 0) is 29.9 Å².